The maximum atomic E-state index is 4.46. The molecule has 2 nitrogen and oxygen atoms in total. The third-order valence-electron chi connectivity index (χ3n) is 2.61. The van der Waals surface area contributed by atoms with Crippen LogP contribution in [0.1, 0.15) is 32.0 Å². The van der Waals surface area contributed by atoms with Crippen LogP contribution in [0.4, 0.5) is 0 Å². The second-order valence-electron chi connectivity index (χ2n) is 5.76. The molecule has 2 heteroatoms. The molecule has 0 fully saturated rings. The highest BCUT2D eigenvalue weighted by Gasteiger charge is 2.12. The molecule has 90 valence electrons. The first-order valence-corrected chi connectivity index (χ1v) is 6.07. The molecule has 0 unspecified atom stereocenters. The zero-order valence-corrected chi connectivity index (χ0v) is 10.9. The van der Waals surface area contributed by atoms with Crippen LogP contribution in [0.3, 0.4) is 0 Å². The first-order valence-electron chi connectivity index (χ1n) is 6.07. The van der Waals surface area contributed by atoms with Gasteiger partial charge in [-0.15, -0.1) is 0 Å². The molecule has 0 aliphatic heterocycles. The van der Waals surface area contributed by atoms with Crippen molar-refractivity contribution in [2.24, 2.45) is 5.41 Å². The van der Waals surface area contributed by atoms with Crippen LogP contribution >= 0.6 is 0 Å². The van der Waals surface area contributed by atoms with Crippen molar-refractivity contribution in [2.75, 3.05) is 0 Å². The number of imidazole rings is 1. The van der Waals surface area contributed by atoms with Crippen molar-refractivity contribution >= 4 is 0 Å². The van der Waals surface area contributed by atoms with Crippen LogP contribution in [0.2, 0.25) is 0 Å². The molecule has 0 spiro atoms. The van der Waals surface area contributed by atoms with Gasteiger partial charge in [0.05, 0.1) is 12.0 Å². The van der Waals surface area contributed by atoms with Gasteiger partial charge in [-0.3, -0.25) is 0 Å². The Morgan fingerprint density at radius 1 is 1.12 bits per heavy atom. The van der Waals surface area contributed by atoms with Crippen molar-refractivity contribution in [2.45, 2.75) is 33.7 Å². The molecule has 0 saturated carbocycles. The quantitative estimate of drug-likeness (QED) is 0.786. The summed E-state index contributed by atoms with van der Waals surface area (Å²) < 4.78 is 2.15. The molecule has 0 radical (unpaired) electrons. The highest BCUT2D eigenvalue weighted by Crippen LogP contribution is 2.19. The van der Waals surface area contributed by atoms with Crippen LogP contribution in [0, 0.1) is 5.41 Å². The number of aromatic nitrogens is 2. The molecule has 0 saturated heterocycles. The van der Waals surface area contributed by atoms with Gasteiger partial charge in [-0.05, 0) is 17.4 Å². The number of benzene rings is 1. The van der Waals surface area contributed by atoms with Crippen molar-refractivity contribution in [3.05, 3.63) is 54.1 Å². The zero-order chi connectivity index (χ0) is 12.3. The Morgan fingerprint density at radius 3 is 2.47 bits per heavy atom. The summed E-state index contributed by atoms with van der Waals surface area (Å²) in [5.41, 5.74) is 2.78. The van der Waals surface area contributed by atoms with E-state index in [-0.39, 0.29) is 0 Å². The predicted molar refractivity (Wildman–Crippen MR) is 70.9 cm³/mol. The van der Waals surface area contributed by atoms with E-state index in [1.165, 1.54) is 11.3 Å². The minimum atomic E-state index is 0.298. The Labute approximate surface area is 103 Å². The minimum absolute atomic E-state index is 0.298. The summed E-state index contributed by atoms with van der Waals surface area (Å²) in [5, 5.41) is 0. The molecule has 0 aliphatic carbocycles. The van der Waals surface area contributed by atoms with Gasteiger partial charge in [0.25, 0.3) is 0 Å². The van der Waals surface area contributed by atoms with Gasteiger partial charge in [-0.1, -0.05) is 51.1 Å². The predicted octanol–water partition coefficient (Wildman–Crippen LogP) is 3.52. The van der Waals surface area contributed by atoms with Gasteiger partial charge in [0, 0.05) is 12.7 Å². The summed E-state index contributed by atoms with van der Waals surface area (Å²) in [6.45, 7) is 7.62. The molecule has 0 atom stereocenters. The number of hydrogen-bond acceptors (Lipinski definition) is 1. The van der Waals surface area contributed by atoms with Crippen LogP contribution in [0.5, 0.6) is 0 Å². The Kier molecular flexibility index (Phi) is 3.32. The van der Waals surface area contributed by atoms with Crippen LogP contribution in [-0.2, 0) is 13.0 Å². The first kappa shape index (κ1) is 11.9. The van der Waals surface area contributed by atoms with Gasteiger partial charge in [0.15, 0.2) is 0 Å². The van der Waals surface area contributed by atoms with Gasteiger partial charge in [-0.2, -0.15) is 0 Å². The molecule has 0 bridgehead atoms. The van der Waals surface area contributed by atoms with Gasteiger partial charge in [0.2, 0.25) is 0 Å². The summed E-state index contributed by atoms with van der Waals surface area (Å²) in [6, 6.07) is 10.5. The highest BCUT2D eigenvalue weighted by molar-refractivity contribution is 5.15. The Hall–Kier alpha value is -1.57. The number of hydrogen-bond donors (Lipinski definition) is 0. The maximum Gasteiger partial charge on any atom is 0.0952 e. The van der Waals surface area contributed by atoms with Crippen LogP contribution in [0.15, 0.2) is 42.9 Å². The van der Waals surface area contributed by atoms with Gasteiger partial charge in [-0.25, -0.2) is 4.98 Å². The number of nitrogens with zero attached hydrogens (tertiary/aromatic N) is 2. The lowest BCUT2D eigenvalue weighted by molar-refractivity contribution is 0.407. The van der Waals surface area contributed by atoms with Crippen LogP contribution < -0.4 is 0 Å². The highest BCUT2D eigenvalue weighted by atomic mass is 15.0. The maximum absolute atomic E-state index is 4.46. The lowest BCUT2D eigenvalue weighted by Crippen LogP contribution is -2.09. The standard InChI is InChI=1S/C15H20N2/c1-15(2,3)9-14-11-17(12-16-14)10-13-7-5-4-6-8-13/h4-8,11-12H,9-10H2,1-3H3. The zero-order valence-electron chi connectivity index (χ0n) is 10.9. The summed E-state index contributed by atoms with van der Waals surface area (Å²) >= 11 is 0. The molecule has 0 aliphatic rings. The minimum Gasteiger partial charge on any atom is -0.333 e. The molecule has 1 heterocycles. The van der Waals surface area contributed by atoms with Crippen molar-refractivity contribution in [1.82, 2.24) is 9.55 Å². The van der Waals surface area contributed by atoms with E-state index < -0.39 is 0 Å². The van der Waals surface area contributed by atoms with E-state index in [2.05, 4.69) is 60.8 Å². The molecule has 17 heavy (non-hydrogen) atoms. The summed E-state index contributed by atoms with van der Waals surface area (Å²) in [5.74, 6) is 0. The average Bonchev–Trinajstić information content (AvgIpc) is 2.64. The van der Waals surface area contributed by atoms with Crippen LogP contribution in [0.25, 0.3) is 0 Å². The van der Waals surface area contributed by atoms with E-state index in [0.717, 1.165) is 13.0 Å². The molecule has 0 N–H and O–H groups in total. The van der Waals surface area contributed by atoms with Gasteiger partial charge in [0.1, 0.15) is 0 Å². The molecule has 0 amide bonds. The smallest absolute Gasteiger partial charge is 0.0952 e. The molecular formula is C15H20N2. The fourth-order valence-corrected chi connectivity index (χ4v) is 1.92. The Balaban J connectivity index is 2.04. The van der Waals surface area contributed by atoms with Crippen molar-refractivity contribution in [3.63, 3.8) is 0 Å². The monoisotopic (exact) mass is 228 g/mol. The molecular weight excluding hydrogens is 208 g/mol. The molecule has 2 rings (SSSR count). The molecule has 2 aromatic rings. The number of rotatable bonds is 3. The van der Waals surface area contributed by atoms with Crippen molar-refractivity contribution in [1.29, 1.82) is 0 Å². The normalized spacial score (nSPS) is 11.7. The fraction of sp³-hybridized carbons (Fsp3) is 0.400. The molecule has 1 aromatic heterocycles. The van der Waals surface area contributed by atoms with Gasteiger partial charge >= 0.3 is 0 Å². The third-order valence-corrected chi connectivity index (χ3v) is 2.61. The van der Waals surface area contributed by atoms with E-state index in [1.807, 2.05) is 12.4 Å². The van der Waals surface area contributed by atoms with Crippen molar-refractivity contribution in [3.8, 4) is 0 Å². The van der Waals surface area contributed by atoms with E-state index in [0.29, 0.717) is 5.41 Å². The van der Waals surface area contributed by atoms with E-state index >= 15 is 0 Å². The summed E-state index contributed by atoms with van der Waals surface area (Å²) in [7, 11) is 0. The summed E-state index contributed by atoms with van der Waals surface area (Å²) in [4.78, 5) is 4.46. The van der Waals surface area contributed by atoms with Crippen molar-refractivity contribution < 1.29 is 0 Å². The lowest BCUT2D eigenvalue weighted by atomic mass is 9.91. The third kappa shape index (κ3) is 3.74. The van der Waals surface area contributed by atoms with Crippen LogP contribution in [-0.4, -0.2) is 9.55 Å². The average molecular weight is 228 g/mol. The topological polar surface area (TPSA) is 17.8 Å². The Morgan fingerprint density at radius 2 is 1.82 bits per heavy atom. The van der Waals surface area contributed by atoms with E-state index in [9.17, 15) is 0 Å². The largest absolute Gasteiger partial charge is 0.333 e. The fourth-order valence-electron chi connectivity index (χ4n) is 1.92. The first-order chi connectivity index (χ1) is 8.03. The SMILES string of the molecule is CC(C)(C)Cc1cn(Cc2ccccc2)cn1. The summed E-state index contributed by atoms with van der Waals surface area (Å²) in [6.07, 6.45) is 5.10. The molecule has 1 aromatic carbocycles. The Bertz CT molecular complexity index is 463. The van der Waals surface area contributed by atoms with E-state index in [4.69, 9.17) is 0 Å². The van der Waals surface area contributed by atoms with E-state index in [1.54, 1.807) is 0 Å². The second-order valence-corrected chi connectivity index (χ2v) is 5.76. The van der Waals surface area contributed by atoms with Gasteiger partial charge < -0.3 is 4.57 Å². The lowest BCUT2D eigenvalue weighted by Gasteiger charge is -2.15. The second kappa shape index (κ2) is 4.74.